The Hall–Kier alpha value is -1.84. The van der Waals surface area contributed by atoms with Crippen LogP contribution in [-0.2, 0) is 16.0 Å². The van der Waals surface area contributed by atoms with Crippen molar-refractivity contribution in [3.8, 4) is 0 Å². The van der Waals surface area contributed by atoms with E-state index in [9.17, 15) is 9.59 Å². The van der Waals surface area contributed by atoms with Crippen LogP contribution in [0, 0.1) is 18.8 Å². The second kappa shape index (κ2) is 8.45. The SMILES string of the molecule is Cc1ccccc1CCC(=O)NCC(CC(C)C)C(=O)O. The number of aryl methyl sites for hydroxylation is 2. The number of aliphatic carboxylic acids is 1. The Kier molecular flexibility index (Phi) is 6.92. The summed E-state index contributed by atoms with van der Waals surface area (Å²) < 4.78 is 0. The third kappa shape index (κ3) is 6.43. The molecule has 0 spiro atoms. The van der Waals surface area contributed by atoms with Crippen LogP contribution in [-0.4, -0.2) is 23.5 Å². The summed E-state index contributed by atoms with van der Waals surface area (Å²) in [5.41, 5.74) is 2.33. The summed E-state index contributed by atoms with van der Waals surface area (Å²) in [7, 11) is 0. The zero-order chi connectivity index (χ0) is 15.8. The minimum absolute atomic E-state index is 0.0896. The lowest BCUT2D eigenvalue weighted by Gasteiger charge is -2.15. The van der Waals surface area contributed by atoms with Crippen LogP contribution in [0.1, 0.15) is 37.8 Å². The number of carbonyl (C=O) groups is 2. The number of rotatable bonds is 8. The number of hydrogen-bond donors (Lipinski definition) is 2. The van der Waals surface area contributed by atoms with Crippen molar-refractivity contribution >= 4 is 11.9 Å². The molecule has 0 fully saturated rings. The number of nitrogens with one attached hydrogen (secondary N) is 1. The zero-order valence-corrected chi connectivity index (χ0v) is 13.1. The van der Waals surface area contributed by atoms with Crippen LogP contribution in [0.25, 0.3) is 0 Å². The molecule has 0 aliphatic rings. The topological polar surface area (TPSA) is 66.4 Å². The van der Waals surface area contributed by atoms with Gasteiger partial charge in [0.05, 0.1) is 5.92 Å². The molecule has 0 saturated heterocycles. The Labute approximate surface area is 126 Å². The third-order valence-corrected chi connectivity index (χ3v) is 3.53. The van der Waals surface area contributed by atoms with E-state index >= 15 is 0 Å². The van der Waals surface area contributed by atoms with E-state index in [1.54, 1.807) is 0 Å². The van der Waals surface area contributed by atoms with Gasteiger partial charge in [-0.1, -0.05) is 38.1 Å². The molecule has 0 aliphatic carbocycles. The number of carboxylic acid groups (broad SMARTS) is 1. The molecule has 1 aromatic rings. The van der Waals surface area contributed by atoms with Crippen molar-refractivity contribution in [3.05, 3.63) is 35.4 Å². The monoisotopic (exact) mass is 291 g/mol. The Morgan fingerprint density at radius 2 is 1.90 bits per heavy atom. The summed E-state index contributed by atoms with van der Waals surface area (Å²) in [6, 6.07) is 7.98. The van der Waals surface area contributed by atoms with Gasteiger partial charge in [0.25, 0.3) is 0 Å². The fourth-order valence-corrected chi connectivity index (χ4v) is 2.30. The van der Waals surface area contributed by atoms with E-state index < -0.39 is 11.9 Å². The molecule has 4 heteroatoms. The first-order chi connectivity index (χ1) is 9.90. The molecule has 0 radical (unpaired) electrons. The van der Waals surface area contributed by atoms with Gasteiger partial charge < -0.3 is 10.4 Å². The van der Waals surface area contributed by atoms with Crippen LogP contribution < -0.4 is 5.32 Å². The van der Waals surface area contributed by atoms with Crippen molar-refractivity contribution in [2.75, 3.05) is 6.54 Å². The molecule has 1 atom stereocenters. The van der Waals surface area contributed by atoms with Gasteiger partial charge in [0.2, 0.25) is 5.91 Å². The number of benzene rings is 1. The molecule has 21 heavy (non-hydrogen) atoms. The van der Waals surface area contributed by atoms with E-state index in [0.29, 0.717) is 25.2 Å². The molecule has 0 aliphatic heterocycles. The van der Waals surface area contributed by atoms with E-state index in [2.05, 4.69) is 5.32 Å². The lowest BCUT2D eigenvalue weighted by atomic mass is 9.97. The molecule has 0 saturated carbocycles. The molecule has 1 unspecified atom stereocenters. The van der Waals surface area contributed by atoms with Crippen LogP contribution in [0.15, 0.2) is 24.3 Å². The highest BCUT2D eigenvalue weighted by Crippen LogP contribution is 2.12. The van der Waals surface area contributed by atoms with E-state index in [-0.39, 0.29) is 12.5 Å². The highest BCUT2D eigenvalue weighted by molar-refractivity contribution is 5.77. The minimum atomic E-state index is -0.845. The van der Waals surface area contributed by atoms with Crippen molar-refractivity contribution in [3.63, 3.8) is 0 Å². The Balaban J connectivity index is 2.39. The van der Waals surface area contributed by atoms with E-state index in [0.717, 1.165) is 5.56 Å². The average Bonchev–Trinajstić information content (AvgIpc) is 2.41. The smallest absolute Gasteiger partial charge is 0.308 e. The highest BCUT2D eigenvalue weighted by atomic mass is 16.4. The molecule has 1 aromatic carbocycles. The molecule has 116 valence electrons. The zero-order valence-electron chi connectivity index (χ0n) is 13.1. The fraction of sp³-hybridized carbons (Fsp3) is 0.529. The maximum atomic E-state index is 11.8. The van der Waals surface area contributed by atoms with Gasteiger partial charge in [-0.15, -0.1) is 0 Å². The molecule has 1 rings (SSSR count). The van der Waals surface area contributed by atoms with Gasteiger partial charge in [-0.2, -0.15) is 0 Å². The fourth-order valence-electron chi connectivity index (χ4n) is 2.30. The Morgan fingerprint density at radius 3 is 2.48 bits per heavy atom. The van der Waals surface area contributed by atoms with Crippen LogP contribution in [0.3, 0.4) is 0 Å². The minimum Gasteiger partial charge on any atom is -0.481 e. The highest BCUT2D eigenvalue weighted by Gasteiger charge is 2.19. The molecule has 1 amide bonds. The molecule has 0 bridgehead atoms. The van der Waals surface area contributed by atoms with Crippen molar-refractivity contribution in [2.45, 2.75) is 40.0 Å². The van der Waals surface area contributed by atoms with Gasteiger partial charge in [-0.05, 0) is 36.8 Å². The quantitative estimate of drug-likeness (QED) is 0.774. The van der Waals surface area contributed by atoms with Crippen molar-refractivity contribution in [1.82, 2.24) is 5.32 Å². The normalized spacial score (nSPS) is 12.2. The number of carbonyl (C=O) groups excluding carboxylic acids is 1. The molecular weight excluding hydrogens is 266 g/mol. The summed E-state index contributed by atoms with van der Waals surface area (Å²) in [6.45, 7) is 6.20. The summed E-state index contributed by atoms with van der Waals surface area (Å²) in [5, 5.41) is 11.9. The van der Waals surface area contributed by atoms with E-state index in [4.69, 9.17) is 5.11 Å². The van der Waals surface area contributed by atoms with Gasteiger partial charge in [-0.3, -0.25) is 9.59 Å². The summed E-state index contributed by atoms with van der Waals surface area (Å²) >= 11 is 0. The number of hydrogen-bond acceptors (Lipinski definition) is 2. The summed E-state index contributed by atoms with van der Waals surface area (Å²) in [5.74, 6) is -1.14. The van der Waals surface area contributed by atoms with E-state index in [1.165, 1.54) is 5.56 Å². The second-order valence-corrected chi connectivity index (χ2v) is 5.90. The maximum Gasteiger partial charge on any atom is 0.308 e. The predicted octanol–water partition coefficient (Wildman–Crippen LogP) is 2.79. The summed E-state index contributed by atoms with van der Waals surface area (Å²) in [4.78, 5) is 23.0. The van der Waals surface area contributed by atoms with Gasteiger partial charge in [0.15, 0.2) is 0 Å². The first-order valence-electron chi connectivity index (χ1n) is 7.44. The Morgan fingerprint density at radius 1 is 1.24 bits per heavy atom. The van der Waals surface area contributed by atoms with Gasteiger partial charge >= 0.3 is 5.97 Å². The number of carboxylic acids is 1. The number of amides is 1. The second-order valence-electron chi connectivity index (χ2n) is 5.90. The largest absolute Gasteiger partial charge is 0.481 e. The van der Waals surface area contributed by atoms with Crippen LogP contribution in [0.4, 0.5) is 0 Å². The van der Waals surface area contributed by atoms with E-state index in [1.807, 2.05) is 45.0 Å². The van der Waals surface area contributed by atoms with Crippen LogP contribution in [0.2, 0.25) is 0 Å². The van der Waals surface area contributed by atoms with Crippen molar-refractivity contribution < 1.29 is 14.7 Å². The van der Waals surface area contributed by atoms with Crippen LogP contribution >= 0.6 is 0 Å². The van der Waals surface area contributed by atoms with Gasteiger partial charge in [0.1, 0.15) is 0 Å². The van der Waals surface area contributed by atoms with Crippen LogP contribution in [0.5, 0.6) is 0 Å². The first-order valence-corrected chi connectivity index (χ1v) is 7.44. The lowest BCUT2D eigenvalue weighted by Crippen LogP contribution is -2.33. The van der Waals surface area contributed by atoms with Gasteiger partial charge in [-0.25, -0.2) is 0 Å². The molecule has 4 nitrogen and oxygen atoms in total. The van der Waals surface area contributed by atoms with Gasteiger partial charge in [0, 0.05) is 13.0 Å². The molecular formula is C17H25NO3. The van der Waals surface area contributed by atoms with Crippen molar-refractivity contribution in [2.24, 2.45) is 11.8 Å². The summed E-state index contributed by atoms with van der Waals surface area (Å²) in [6.07, 6.45) is 1.65. The predicted molar refractivity (Wildman–Crippen MR) is 83.1 cm³/mol. The third-order valence-electron chi connectivity index (χ3n) is 3.53. The van der Waals surface area contributed by atoms with Crippen molar-refractivity contribution in [1.29, 1.82) is 0 Å². The first kappa shape index (κ1) is 17.2. The molecule has 2 N–H and O–H groups in total. The standard InChI is InChI=1S/C17H25NO3/c1-12(2)10-15(17(20)21)11-18-16(19)9-8-14-7-5-4-6-13(14)3/h4-7,12,15H,8-11H2,1-3H3,(H,18,19)(H,20,21). The lowest BCUT2D eigenvalue weighted by molar-refractivity contribution is -0.142. The Bertz CT molecular complexity index is 483. The molecule has 0 heterocycles. The average molecular weight is 291 g/mol. The maximum absolute atomic E-state index is 11.8. The molecule has 0 aromatic heterocycles.